The minimum Gasteiger partial charge on any atom is -0.358 e. The van der Waals surface area contributed by atoms with Crippen molar-refractivity contribution in [3.63, 3.8) is 0 Å². The van der Waals surface area contributed by atoms with Crippen LogP contribution in [0.4, 0.5) is 0 Å². The van der Waals surface area contributed by atoms with Crippen LogP contribution in [-0.2, 0) is 0 Å². The largest absolute Gasteiger partial charge is 0.358 e. The van der Waals surface area contributed by atoms with Gasteiger partial charge in [0.05, 0.1) is 11.9 Å². The molecule has 0 aromatic carbocycles. The predicted octanol–water partition coefficient (Wildman–Crippen LogP) is 1.27. The molecule has 2 aliphatic rings. The zero-order chi connectivity index (χ0) is 6.97. The van der Waals surface area contributed by atoms with Gasteiger partial charge in [-0.2, -0.15) is 0 Å². The zero-order valence-electron chi connectivity index (χ0n) is 6.51. The molecule has 0 aromatic rings. The van der Waals surface area contributed by atoms with Gasteiger partial charge in [0.25, 0.3) is 0 Å². The molecule has 1 atom stereocenters. The van der Waals surface area contributed by atoms with Crippen LogP contribution in [0.5, 0.6) is 0 Å². The molecule has 0 saturated carbocycles. The average Bonchev–Trinajstić information content (AvgIpc) is 2.27. The van der Waals surface area contributed by atoms with Gasteiger partial charge < -0.3 is 4.90 Å². The third-order valence-electron chi connectivity index (χ3n) is 2.30. The van der Waals surface area contributed by atoms with Crippen molar-refractivity contribution in [1.82, 2.24) is 4.90 Å². The fraction of sp³-hybridized carbons (Fsp3) is 0.875. The first-order chi connectivity index (χ1) is 4.86. The van der Waals surface area contributed by atoms with Crippen LogP contribution in [0.3, 0.4) is 0 Å². The second-order valence-electron chi connectivity index (χ2n) is 3.30. The first-order valence-corrected chi connectivity index (χ1v) is 4.18. The standard InChI is InChI=1S/C8H14N2/c1-7-6-10-5-3-2-4-8(10)9-7/h7H,2-6H2,1H3. The van der Waals surface area contributed by atoms with Crippen molar-refractivity contribution < 1.29 is 0 Å². The SMILES string of the molecule is CC1CN2CCCCC2=N1. The number of rotatable bonds is 0. The quantitative estimate of drug-likeness (QED) is 0.492. The van der Waals surface area contributed by atoms with Crippen molar-refractivity contribution in [2.45, 2.75) is 32.2 Å². The lowest BCUT2D eigenvalue weighted by atomic mass is 10.1. The van der Waals surface area contributed by atoms with E-state index in [1.165, 1.54) is 38.2 Å². The molecule has 1 saturated heterocycles. The third-order valence-corrected chi connectivity index (χ3v) is 2.30. The van der Waals surface area contributed by atoms with Crippen molar-refractivity contribution in [2.75, 3.05) is 13.1 Å². The maximum Gasteiger partial charge on any atom is 0.0993 e. The van der Waals surface area contributed by atoms with Crippen LogP contribution in [0, 0.1) is 0 Å². The summed E-state index contributed by atoms with van der Waals surface area (Å²) in [5.74, 6) is 1.37. The van der Waals surface area contributed by atoms with Gasteiger partial charge in [-0.3, -0.25) is 4.99 Å². The molecule has 0 aliphatic carbocycles. The molecule has 2 heterocycles. The summed E-state index contributed by atoms with van der Waals surface area (Å²) in [6, 6.07) is 0.563. The fourth-order valence-electron chi connectivity index (χ4n) is 1.83. The summed E-state index contributed by atoms with van der Waals surface area (Å²) in [6.45, 7) is 4.63. The molecule has 10 heavy (non-hydrogen) atoms. The van der Waals surface area contributed by atoms with Gasteiger partial charge in [-0.25, -0.2) is 0 Å². The summed E-state index contributed by atoms with van der Waals surface area (Å²) in [5, 5.41) is 0. The van der Waals surface area contributed by atoms with E-state index in [-0.39, 0.29) is 0 Å². The van der Waals surface area contributed by atoms with Gasteiger partial charge in [0.1, 0.15) is 0 Å². The minimum absolute atomic E-state index is 0.563. The summed E-state index contributed by atoms with van der Waals surface area (Å²) < 4.78 is 0. The van der Waals surface area contributed by atoms with Crippen LogP contribution in [0.15, 0.2) is 4.99 Å². The lowest BCUT2D eigenvalue weighted by Crippen LogP contribution is -2.32. The Labute approximate surface area is 61.9 Å². The first-order valence-electron chi connectivity index (χ1n) is 4.18. The monoisotopic (exact) mass is 138 g/mol. The summed E-state index contributed by atoms with van der Waals surface area (Å²) >= 11 is 0. The maximum atomic E-state index is 4.55. The highest BCUT2D eigenvalue weighted by Gasteiger charge is 2.23. The van der Waals surface area contributed by atoms with Crippen molar-refractivity contribution in [2.24, 2.45) is 4.99 Å². The minimum atomic E-state index is 0.563. The number of hydrogen-bond acceptors (Lipinski definition) is 2. The van der Waals surface area contributed by atoms with E-state index in [9.17, 15) is 0 Å². The van der Waals surface area contributed by atoms with Crippen LogP contribution in [-0.4, -0.2) is 29.9 Å². The van der Waals surface area contributed by atoms with Crippen LogP contribution in [0.1, 0.15) is 26.2 Å². The Hall–Kier alpha value is -0.530. The lowest BCUT2D eigenvalue weighted by molar-refractivity contribution is 0.387. The van der Waals surface area contributed by atoms with Crippen LogP contribution < -0.4 is 0 Å². The first kappa shape index (κ1) is 6.20. The molecule has 2 heteroatoms. The molecule has 1 unspecified atom stereocenters. The van der Waals surface area contributed by atoms with Gasteiger partial charge in [-0.15, -0.1) is 0 Å². The topological polar surface area (TPSA) is 15.6 Å². The lowest BCUT2D eigenvalue weighted by Gasteiger charge is -2.24. The number of amidine groups is 1. The fourth-order valence-corrected chi connectivity index (χ4v) is 1.83. The molecule has 56 valence electrons. The molecular weight excluding hydrogens is 124 g/mol. The van der Waals surface area contributed by atoms with Gasteiger partial charge in [-0.05, 0) is 19.8 Å². The van der Waals surface area contributed by atoms with Crippen molar-refractivity contribution in [3.8, 4) is 0 Å². The Morgan fingerprint density at radius 3 is 3.20 bits per heavy atom. The van der Waals surface area contributed by atoms with E-state index in [0.29, 0.717) is 6.04 Å². The van der Waals surface area contributed by atoms with Crippen LogP contribution >= 0.6 is 0 Å². The highest BCUT2D eigenvalue weighted by molar-refractivity contribution is 5.84. The van der Waals surface area contributed by atoms with E-state index < -0.39 is 0 Å². The van der Waals surface area contributed by atoms with E-state index >= 15 is 0 Å². The number of nitrogens with zero attached hydrogens (tertiary/aromatic N) is 2. The highest BCUT2D eigenvalue weighted by Crippen LogP contribution is 2.18. The van der Waals surface area contributed by atoms with Gasteiger partial charge in [0.2, 0.25) is 0 Å². The van der Waals surface area contributed by atoms with Crippen LogP contribution in [0.2, 0.25) is 0 Å². The second-order valence-corrected chi connectivity index (χ2v) is 3.30. The van der Waals surface area contributed by atoms with Gasteiger partial charge in [0, 0.05) is 19.5 Å². The third kappa shape index (κ3) is 0.917. The molecule has 0 radical (unpaired) electrons. The van der Waals surface area contributed by atoms with E-state index in [2.05, 4.69) is 16.8 Å². The Balaban J connectivity index is 2.10. The summed E-state index contributed by atoms with van der Waals surface area (Å²) in [5.41, 5.74) is 0. The van der Waals surface area contributed by atoms with E-state index in [4.69, 9.17) is 0 Å². The Kier molecular flexibility index (Phi) is 1.40. The smallest absolute Gasteiger partial charge is 0.0993 e. The Morgan fingerprint density at radius 2 is 2.40 bits per heavy atom. The van der Waals surface area contributed by atoms with Crippen molar-refractivity contribution in [3.05, 3.63) is 0 Å². The van der Waals surface area contributed by atoms with Gasteiger partial charge in [-0.1, -0.05) is 0 Å². The van der Waals surface area contributed by atoms with Gasteiger partial charge in [0.15, 0.2) is 0 Å². The summed E-state index contributed by atoms with van der Waals surface area (Å²) in [7, 11) is 0. The highest BCUT2D eigenvalue weighted by atomic mass is 15.3. The molecule has 0 aromatic heterocycles. The van der Waals surface area contributed by atoms with E-state index in [0.717, 1.165) is 0 Å². The molecule has 2 rings (SSSR count). The molecule has 0 spiro atoms. The molecule has 0 N–H and O–H groups in total. The maximum absolute atomic E-state index is 4.55. The van der Waals surface area contributed by atoms with E-state index in [1.54, 1.807) is 0 Å². The normalized spacial score (nSPS) is 31.9. The van der Waals surface area contributed by atoms with Crippen LogP contribution in [0.25, 0.3) is 0 Å². The van der Waals surface area contributed by atoms with E-state index in [1.807, 2.05) is 0 Å². The number of aliphatic imine (C=N–C) groups is 1. The molecule has 1 fully saturated rings. The van der Waals surface area contributed by atoms with Crippen molar-refractivity contribution in [1.29, 1.82) is 0 Å². The van der Waals surface area contributed by atoms with Crippen molar-refractivity contribution >= 4 is 5.84 Å². The molecule has 2 nitrogen and oxygen atoms in total. The zero-order valence-corrected chi connectivity index (χ0v) is 6.51. The Bertz CT molecular complexity index is 163. The number of fused-ring (bicyclic) bond motifs is 1. The summed E-state index contributed by atoms with van der Waals surface area (Å²) in [6.07, 6.45) is 3.94. The Morgan fingerprint density at radius 1 is 1.50 bits per heavy atom. The molecule has 0 amide bonds. The molecular formula is C8H14N2. The average molecular weight is 138 g/mol. The summed E-state index contributed by atoms with van der Waals surface area (Å²) in [4.78, 5) is 6.99. The molecule has 2 aliphatic heterocycles. The number of piperidine rings is 1. The number of hydrogen-bond donors (Lipinski definition) is 0. The second kappa shape index (κ2) is 2.26. The van der Waals surface area contributed by atoms with Gasteiger partial charge >= 0.3 is 0 Å². The molecule has 0 bridgehead atoms. The predicted molar refractivity (Wildman–Crippen MR) is 42.3 cm³/mol.